The Labute approximate surface area is 783 Å². The van der Waals surface area contributed by atoms with Crippen LogP contribution in [-0.2, 0) is 118 Å². The lowest BCUT2D eigenvalue weighted by molar-refractivity contribution is -0.138. The van der Waals surface area contributed by atoms with E-state index in [2.05, 4.69) is 125 Å². The average Bonchev–Trinajstić information content (AvgIpc) is 1.69. The number of thiol groups is 2. The highest BCUT2D eigenvalue weighted by molar-refractivity contribution is 7.80. The lowest BCUT2D eigenvalue weighted by Gasteiger charge is -2.29. The molecular formula is C86H115N25O22S2. The van der Waals surface area contributed by atoms with Gasteiger partial charge in [0.1, 0.15) is 90.0 Å². The first-order chi connectivity index (χ1) is 64.2. The molecular weight excluding hydrogens is 1800 g/mol. The second-order valence-electron chi connectivity index (χ2n) is 31.7. The van der Waals surface area contributed by atoms with Gasteiger partial charge in [0.05, 0.1) is 25.4 Å². The molecule has 135 heavy (non-hydrogen) atoms. The number of phenolic OH excluding ortho intramolecular Hbond substituents is 2. The fraction of sp³-hybridized carbons (Fsp3) is 0.419. The number of carbonyl (C=O) groups excluding carboxylic acids is 17. The van der Waals surface area contributed by atoms with E-state index >= 15 is 14.4 Å². The van der Waals surface area contributed by atoms with Crippen LogP contribution >= 0.6 is 25.3 Å². The molecule has 33 N–H and O–H groups in total. The monoisotopic (exact) mass is 1910 g/mol. The number of carbonyl (C=O) groups is 18. The number of unbranched alkanes of at least 4 members (excludes halogenated alkanes) is 1. The van der Waals surface area contributed by atoms with Crippen molar-refractivity contribution in [1.29, 1.82) is 5.41 Å². The van der Waals surface area contributed by atoms with Crippen molar-refractivity contribution in [2.24, 2.45) is 28.7 Å². The second-order valence-corrected chi connectivity index (χ2v) is 32.5. The van der Waals surface area contributed by atoms with E-state index in [1.54, 1.807) is 54.7 Å². The maximum absolute atomic E-state index is 15.4. The van der Waals surface area contributed by atoms with Crippen LogP contribution in [0.5, 0.6) is 11.5 Å². The van der Waals surface area contributed by atoms with Crippen molar-refractivity contribution in [3.63, 3.8) is 0 Å². The minimum Gasteiger partial charge on any atom is -0.508 e. The molecule has 0 saturated carbocycles. The van der Waals surface area contributed by atoms with E-state index in [4.69, 9.17) is 34.1 Å². The maximum atomic E-state index is 15.4. The first-order valence-corrected chi connectivity index (χ1v) is 44.1. The number of imidazole rings is 1. The van der Waals surface area contributed by atoms with E-state index in [1.165, 1.54) is 67.3 Å². The molecule has 7 rings (SSSR count). The molecule has 3 aromatic heterocycles. The standard InChI is InChI=1S/C86H115N25O22S2/c1-43(112)72(111-77(125)57(15-9-29-94-86(91)92)101-83(131)66(40-134)109-74(122)56(14-7-8-28-87)100-82(130)65(35-69(89)117)99-44(2)113)85(133)108-63(33-48-37-96-55-13-6-4-11-53(48)55)79(127)102-58(24-26-68(88)116)76(124)110-67(41-135)84(132)105-61(31-46-18-22-51(115)23-19-46)78(126)106-62(32-47-36-95-54-12-5-3-10-52(47)54)80(128)107-64(34-49-38-93-42-98-49)81(129)103-59(25-27-71(119)120)75(123)104-60(73(121)97-39-70(90)118)30-45-16-20-50(114)21-17-45/h3-6,10-13,16-23,36-38,42-43,56-67,72,95-96,112,114-115,134-135H,7-9,14-15,24-35,39-41,87H2,1-2H3,(H2,88,116)(H2,89,117)(H2,90,118)(H,93,98)(H,97,121)(H,99,113)(H,100,130)(H,101,131)(H,102,127)(H,103,129)(H,104,123)(H,105,132)(H,106,126)(H,107,128)(H,108,133)(H,109,122)(H,110,124)(H,111,125)(H,119,120)(H4,91,92,94)/t43-,56+,57+,58+,59+,60+,61+,62+,63+,64+,65+,66+,67+,72+/m1/s1. The van der Waals surface area contributed by atoms with Gasteiger partial charge in [0.15, 0.2) is 5.96 Å². The van der Waals surface area contributed by atoms with Gasteiger partial charge < -0.3 is 144 Å². The van der Waals surface area contributed by atoms with Gasteiger partial charge in [-0.05, 0) is 117 Å². The van der Waals surface area contributed by atoms with Gasteiger partial charge in [-0.25, -0.2) is 4.98 Å². The molecule has 0 fully saturated rings. The lowest BCUT2D eigenvalue weighted by atomic mass is 10.0. The number of nitrogens with two attached hydrogens (primary N) is 5. The first-order valence-electron chi connectivity index (χ1n) is 42.8. The van der Waals surface area contributed by atoms with E-state index < -0.39 is 266 Å². The van der Waals surface area contributed by atoms with Crippen LogP contribution in [0.15, 0.2) is 122 Å². The molecule has 0 unspecified atom stereocenters. The summed E-state index contributed by atoms with van der Waals surface area (Å²) in [5, 5.41) is 87.8. The number of H-pyrrole nitrogens is 3. The molecule has 728 valence electrons. The quantitative estimate of drug-likeness (QED) is 0.00730. The molecule has 7 aromatic rings. The van der Waals surface area contributed by atoms with Gasteiger partial charge in [-0.1, -0.05) is 60.7 Å². The SMILES string of the molecule is CC(=O)N[C@@H](CC(N)=O)C(=O)N[C@@H](CCCCN)C(=O)N[C@@H](CS)C(=O)N[C@@H](CCCNC(=N)N)C(=O)N[C@H](C(=O)N[C@@H](Cc1c[nH]c2ccccc12)C(=O)N[C@@H](CCC(N)=O)C(=O)N[C@@H](CS)C(=O)N[C@@H](Cc1ccc(O)cc1)C(=O)N[C@@H](Cc1c[nH]c2ccccc12)C(=O)N[C@@H](Cc1cnc[nH]1)C(=O)N[C@@H](CCC(=O)O)C(=O)N[C@@H](Cc1ccc(O)cc1)C(=O)NCC(N)=O)[C@@H](C)O. The lowest BCUT2D eigenvalue weighted by Crippen LogP contribution is -2.62. The zero-order valence-electron chi connectivity index (χ0n) is 73.6. The van der Waals surface area contributed by atoms with Crippen LogP contribution in [0, 0.1) is 5.41 Å². The molecule has 17 amide bonds. The summed E-state index contributed by atoms with van der Waals surface area (Å²) in [5.74, 6) is -20.9. The van der Waals surface area contributed by atoms with Crippen LogP contribution in [-0.4, -0.2) is 269 Å². The van der Waals surface area contributed by atoms with E-state index in [0.717, 1.165) is 13.8 Å². The van der Waals surface area contributed by atoms with Gasteiger partial charge in [-0.15, -0.1) is 0 Å². The third-order valence-electron chi connectivity index (χ3n) is 21.1. The Bertz CT molecular complexity index is 5320. The third kappa shape index (κ3) is 35.3. The predicted octanol–water partition coefficient (Wildman–Crippen LogP) is -6.14. The van der Waals surface area contributed by atoms with Crippen LogP contribution in [0.2, 0.25) is 0 Å². The number of aromatic hydroxyl groups is 2. The molecule has 47 nitrogen and oxygen atoms in total. The number of carboxylic acids is 1. The number of primary amides is 3. The van der Waals surface area contributed by atoms with Crippen LogP contribution in [0.3, 0.4) is 0 Å². The molecule has 3 heterocycles. The molecule has 0 saturated heterocycles. The topological polar surface area (TPSA) is 783 Å². The zero-order chi connectivity index (χ0) is 99.1. The molecule has 0 aliphatic heterocycles. The Morgan fingerprint density at radius 3 is 1.21 bits per heavy atom. The summed E-state index contributed by atoms with van der Waals surface area (Å²) in [5.41, 5.74) is 30.3. The highest BCUT2D eigenvalue weighted by Gasteiger charge is 2.40. The predicted molar refractivity (Wildman–Crippen MR) is 493 cm³/mol. The first kappa shape index (κ1) is 107. The van der Waals surface area contributed by atoms with Crippen molar-refractivity contribution in [1.82, 2.24) is 99.7 Å². The number of aliphatic carboxylic acids is 1. The molecule has 0 spiro atoms. The highest BCUT2D eigenvalue weighted by Crippen LogP contribution is 2.23. The number of hydrogen-bond donors (Lipinski definition) is 30. The van der Waals surface area contributed by atoms with E-state index in [0.29, 0.717) is 44.9 Å². The number of aromatic nitrogens is 4. The Morgan fingerprint density at radius 1 is 0.415 bits per heavy atom. The number of aliphatic hydroxyl groups excluding tert-OH is 1. The number of rotatable bonds is 57. The van der Waals surface area contributed by atoms with E-state index in [-0.39, 0.29) is 74.4 Å². The van der Waals surface area contributed by atoms with Crippen LogP contribution in [0.25, 0.3) is 21.8 Å². The third-order valence-corrected chi connectivity index (χ3v) is 21.8. The van der Waals surface area contributed by atoms with Crippen molar-refractivity contribution in [3.05, 3.63) is 150 Å². The minimum atomic E-state index is -2.00. The molecule has 0 aliphatic carbocycles. The minimum absolute atomic E-state index is 0.0214. The van der Waals surface area contributed by atoms with E-state index in [9.17, 15) is 92.3 Å². The number of phenols is 2. The molecule has 0 radical (unpaired) electrons. The van der Waals surface area contributed by atoms with Crippen molar-refractivity contribution in [3.8, 4) is 11.5 Å². The van der Waals surface area contributed by atoms with Crippen molar-refractivity contribution >= 4 is 159 Å². The average molecular weight is 1920 g/mol. The summed E-state index contributed by atoms with van der Waals surface area (Å²) < 4.78 is 0. The largest absolute Gasteiger partial charge is 0.508 e. The number of aromatic amines is 3. The van der Waals surface area contributed by atoms with Crippen LogP contribution in [0.1, 0.15) is 106 Å². The number of para-hydroxylation sites is 2. The number of aliphatic hydroxyl groups is 1. The Morgan fingerprint density at radius 2 is 0.800 bits per heavy atom. The number of hydrogen-bond acceptors (Lipinski definition) is 26. The van der Waals surface area contributed by atoms with Gasteiger partial charge in [0.2, 0.25) is 100 Å². The molecule has 0 aliphatic rings. The van der Waals surface area contributed by atoms with Gasteiger partial charge >= 0.3 is 5.97 Å². The summed E-state index contributed by atoms with van der Waals surface area (Å²) in [6, 6.07) is 2.43. The smallest absolute Gasteiger partial charge is 0.303 e. The summed E-state index contributed by atoms with van der Waals surface area (Å²) in [6.45, 7) is 1.64. The van der Waals surface area contributed by atoms with Crippen molar-refractivity contribution < 1.29 is 107 Å². The molecule has 4 aromatic carbocycles. The fourth-order valence-electron chi connectivity index (χ4n) is 14.1. The van der Waals surface area contributed by atoms with Gasteiger partial charge in [-0.3, -0.25) is 91.7 Å². The van der Waals surface area contributed by atoms with Crippen molar-refractivity contribution in [2.45, 2.75) is 195 Å². The summed E-state index contributed by atoms with van der Waals surface area (Å²) in [6.07, 6.45) is -1.03. The number of guanidine groups is 1. The Balaban J connectivity index is 1.16. The summed E-state index contributed by atoms with van der Waals surface area (Å²) in [7, 11) is 0. The van der Waals surface area contributed by atoms with Crippen LogP contribution < -0.4 is 108 Å². The number of carboxylic acid groups (broad SMARTS) is 1. The Kier molecular flexibility index (Phi) is 42.5. The van der Waals surface area contributed by atoms with E-state index in [1.807, 2.05) is 0 Å². The van der Waals surface area contributed by atoms with Crippen LogP contribution in [0.4, 0.5) is 0 Å². The van der Waals surface area contributed by atoms with Crippen molar-refractivity contribution in [2.75, 3.05) is 31.1 Å². The summed E-state index contributed by atoms with van der Waals surface area (Å²) >= 11 is 8.66. The number of benzene rings is 4. The normalized spacial score (nSPS) is 14.2. The number of amides is 17. The summed E-state index contributed by atoms with van der Waals surface area (Å²) in [4.78, 5) is 263. The fourth-order valence-corrected chi connectivity index (χ4v) is 14.6. The van der Waals surface area contributed by atoms with Gasteiger partial charge in [-0.2, -0.15) is 25.3 Å². The molecule has 14 atom stereocenters. The molecule has 49 heteroatoms. The number of nitrogens with one attached hydrogen (secondary N) is 19. The molecule has 0 bridgehead atoms. The number of nitrogens with zero attached hydrogens (tertiary/aromatic N) is 1. The highest BCUT2D eigenvalue weighted by atomic mass is 32.1. The van der Waals surface area contributed by atoms with Gasteiger partial charge in [0.25, 0.3) is 0 Å². The Hall–Kier alpha value is -14.9. The number of fused-ring (bicyclic) bond motifs is 2. The second kappa shape index (κ2) is 53.6. The zero-order valence-corrected chi connectivity index (χ0v) is 75.4. The maximum Gasteiger partial charge on any atom is 0.303 e. The van der Waals surface area contributed by atoms with Gasteiger partial charge in [0, 0.05) is 116 Å².